The molecule has 0 spiro atoms. The summed E-state index contributed by atoms with van der Waals surface area (Å²) in [5, 5.41) is 0. The molecule has 0 radical (unpaired) electrons. The van der Waals surface area contributed by atoms with Gasteiger partial charge in [0.1, 0.15) is 0 Å². The van der Waals surface area contributed by atoms with Gasteiger partial charge in [-0.3, -0.25) is 0 Å². The molecule has 0 N–H and O–H groups in total. The van der Waals surface area contributed by atoms with Crippen molar-refractivity contribution in [2.24, 2.45) is 5.92 Å². The van der Waals surface area contributed by atoms with Crippen LogP contribution in [0.5, 0.6) is 0 Å². The summed E-state index contributed by atoms with van der Waals surface area (Å²) in [6, 6.07) is 0. The Hall–Kier alpha value is 0.01000. The quantitative estimate of drug-likeness (QED) is 0.572. The van der Waals surface area contributed by atoms with Crippen molar-refractivity contribution < 1.29 is 4.57 Å². The fourth-order valence-electron chi connectivity index (χ4n) is 0.885. The molecular weight excluding hydrogens is 143 g/mol. The zero-order valence-electron chi connectivity index (χ0n) is 6.76. The van der Waals surface area contributed by atoms with Gasteiger partial charge in [-0.05, 0) is 0 Å². The topological polar surface area (TPSA) is 17.1 Å². The third kappa shape index (κ3) is 4.85. The van der Waals surface area contributed by atoms with E-state index in [0.29, 0.717) is 5.92 Å². The molecule has 0 rings (SSSR count). The summed E-state index contributed by atoms with van der Waals surface area (Å²) in [4.78, 5) is 0. The zero-order chi connectivity index (χ0) is 7.82. The Bertz CT molecular complexity index is 157. The molecule has 0 saturated heterocycles. The molecule has 0 aromatic heterocycles. The Morgan fingerprint density at radius 3 is 2.60 bits per heavy atom. The zero-order valence-corrected chi connectivity index (χ0v) is 7.66. The molecule has 0 aliphatic rings. The second-order valence-corrected chi connectivity index (χ2v) is 2.91. The van der Waals surface area contributed by atoms with Gasteiger partial charge < -0.3 is 0 Å². The maximum absolute atomic E-state index is 10.1. The van der Waals surface area contributed by atoms with Crippen LogP contribution in [0.3, 0.4) is 0 Å². The van der Waals surface area contributed by atoms with Gasteiger partial charge in [-0.1, -0.05) is 0 Å². The van der Waals surface area contributed by atoms with Crippen molar-refractivity contribution in [3.63, 3.8) is 0 Å². The normalized spacial score (nSPS) is 12.2. The predicted octanol–water partition coefficient (Wildman–Crippen LogP) is 3.45. The minimum absolute atomic E-state index is 0.0705. The molecule has 0 fully saturated rings. The van der Waals surface area contributed by atoms with Crippen LogP contribution in [0.4, 0.5) is 0 Å². The first kappa shape index (κ1) is 10.0. The van der Waals surface area contributed by atoms with Crippen LogP contribution in [-0.2, 0) is 4.57 Å². The molecule has 0 aromatic rings. The van der Waals surface area contributed by atoms with Crippen molar-refractivity contribution in [2.45, 2.75) is 39.5 Å². The first-order valence-electron chi connectivity index (χ1n) is 3.93. The second-order valence-electron chi connectivity index (χ2n) is 2.47. The monoisotopic (exact) mass is 158 g/mol. The molecule has 0 saturated carbocycles. The fourth-order valence-corrected chi connectivity index (χ4v) is 1.35. The van der Waals surface area contributed by atoms with E-state index in [0.717, 1.165) is 12.8 Å². The van der Waals surface area contributed by atoms with Gasteiger partial charge in [0, 0.05) is 0 Å². The molecule has 2 heteroatoms. The number of hydrogen-bond acceptors (Lipinski definition) is 1. The van der Waals surface area contributed by atoms with Crippen LogP contribution >= 0.6 is 7.92 Å². The van der Waals surface area contributed by atoms with E-state index in [4.69, 9.17) is 0 Å². The molecule has 10 heavy (non-hydrogen) atoms. The Balaban J connectivity index is 3.57. The number of hydrogen-bond donors (Lipinski definition) is 0. The van der Waals surface area contributed by atoms with Gasteiger partial charge >= 0.3 is 63.6 Å². The third-order valence-electron chi connectivity index (χ3n) is 1.63. The average molecular weight is 158 g/mol. The van der Waals surface area contributed by atoms with Gasteiger partial charge in [0.25, 0.3) is 0 Å². The van der Waals surface area contributed by atoms with Gasteiger partial charge in [-0.2, -0.15) is 0 Å². The molecule has 0 aromatic carbocycles. The van der Waals surface area contributed by atoms with Gasteiger partial charge in [0.05, 0.1) is 0 Å². The SMILES string of the molecule is CCCCC(C#P=O)CC. The molecule has 0 heterocycles. The van der Waals surface area contributed by atoms with E-state index in [2.05, 4.69) is 19.5 Å². The predicted molar refractivity (Wildman–Crippen MR) is 44.8 cm³/mol. The fraction of sp³-hybridized carbons (Fsp3) is 0.875. The summed E-state index contributed by atoms with van der Waals surface area (Å²) >= 11 is 0. The molecule has 1 atom stereocenters. The summed E-state index contributed by atoms with van der Waals surface area (Å²) in [6.45, 7) is 4.28. The third-order valence-corrected chi connectivity index (χ3v) is 2.10. The van der Waals surface area contributed by atoms with E-state index < -0.39 is 0 Å². The van der Waals surface area contributed by atoms with Crippen molar-refractivity contribution >= 4 is 7.92 Å². The molecule has 0 aliphatic carbocycles. The Morgan fingerprint density at radius 2 is 2.20 bits per heavy atom. The van der Waals surface area contributed by atoms with E-state index >= 15 is 0 Å². The van der Waals surface area contributed by atoms with E-state index in [9.17, 15) is 4.57 Å². The van der Waals surface area contributed by atoms with Crippen LogP contribution < -0.4 is 0 Å². The van der Waals surface area contributed by atoms with E-state index in [-0.39, 0.29) is 7.92 Å². The van der Waals surface area contributed by atoms with Gasteiger partial charge in [-0.15, -0.1) is 0 Å². The Morgan fingerprint density at radius 1 is 1.50 bits per heavy atom. The number of unbranched alkanes of at least 4 members (excludes halogenated alkanes) is 1. The summed E-state index contributed by atoms with van der Waals surface area (Å²) < 4.78 is 10.1. The standard InChI is InChI=1S/C8H15OP/c1-3-5-6-8(4-2)7-10-9/h8H,3-6H2,1-2H3. The van der Waals surface area contributed by atoms with Crippen LogP contribution in [0, 0.1) is 11.5 Å². The first-order valence-corrected chi connectivity index (χ1v) is 4.74. The van der Waals surface area contributed by atoms with Crippen LogP contribution in [0.25, 0.3) is 0 Å². The van der Waals surface area contributed by atoms with Crippen molar-refractivity contribution in [1.82, 2.24) is 0 Å². The summed E-state index contributed by atoms with van der Waals surface area (Å²) in [5.41, 5.74) is 2.88. The van der Waals surface area contributed by atoms with E-state index in [1.807, 2.05) is 0 Å². The molecule has 58 valence electrons. The second kappa shape index (κ2) is 7.12. The van der Waals surface area contributed by atoms with E-state index in [1.54, 1.807) is 0 Å². The van der Waals surface area contributed by atoms with Crippen molar-refractivity contribution in [1.29, 1.82) is 0 Å². The van der Waals surface area contributed by atoms with Crippen molar-refractivity contribution in [3.8, 4) is 5.63 Å². The number of rotatable bonds is 4. The Labute approximate surface area is 64.3 Å². The van der Waals surface area contributed by atoms with Crippen LogP contribution in [0.15, 0.2) is 0 Å². The van der Waals surface area contributed by atoms with Gasteiger partial charge in [0.2, 0.25) is 0 Å². The molecule has 1 nitrogen and oxygen atoms in total. The van der Waals surface area contributed by atoms with Crippen LogP contribution in [0.1, 0.15) is 39.5 Å². The van der Waals surface area contributed by atoms with Crippen molar-refractivity contribution in [2.75, 3.05) is 0 Å². The molecule has 0 aliphatic heterocycles. The summed E-state index contributed by atoms with van der Waals surface area (Å²) in [7, 11) is 0.0705. The molecule has 0 bridgehead atoms. The maximum atomic E-state index is 10.1. The van der Waals surface area contributed by atoms with E-state index in [1.165, 1.54) is 12.8 Å². The summed E-state index contributed by atoms with van der Waals surface area (Å²) in [6.07, 6.45) is 4.65. The first-order chi connectivity index (χ1) is 4.85. The van der Waals surface area contributed by atoms with Crippen molar-refractivity contribution in [3.05, 3.63) is 0 Å². The average Bonchev–Trinajstić information content (AvgIpc) is 1.98. The van der Waals surface area contributed by atoms with Crippen LogP contribution in [0.2, 0.25) is 0 Å². The van der Waals surface area contributed by atoms with Gasteiger partial charge in [0.15, 0.2) is 0 Å². The summed E-state index contributed by atoms with van der Waals surface area (Å²) in [5.74, 6) is 0.444. The van der Waals surface area contributed by atoms with Crippen LogP contribution in [-0.4, -0.2) is 0 Å². The molecular formula is C8H15OP. The minimum atomic E-state index is 0.0705. The molecule has 1 unspecified atom stereocenters. The Kier molecular flexibility index (Phi) is 7.13. The van der Waals surface area contributed by atoms with Gasteiger partial charge in [-0.25, -0.2) is 0 Å². The molecule has 0 amide bonds.